The van der Waals surface area contributed by atoms with Crippen LogP contribution in [0.1, 0.15) is 18.4 Å². The molecule has 1 aliphatic rings. The Hall–Kier alpha value is -0.610. The Kier molecular flexibility index (Phi) is 6.52. The molecule has 0 saturated carbocycles. The Labute approximate surface area is 110 Å². The number of rotatable bonds is 4. The molecule has 1 heterocycles. The van der Waals surface area contributed by atoms with Gasteiger partial charge in [0.1, 0.15) is 0 Å². The number of hydrazine groups is 1. The molecule has 0 unspecified atom stereocenters. The van der Waals surface area contributed by atoms with E-state index in [2.05, 4.69) is 40.7 Å². The van der Waals surface area contributed by atoms with E-state index in [1.54, 1.807) is 0 Å². The van der Waals surface area contributed by atoms with Crippen molar-refractivity contribution in [2.24, 2.45) is 5.84 Å². The molecule has 1 aromatic rings. The zero-order valence-electron chi connectivity index (χ0n) is 10.1. The maximum Gasteiger partial charge on any atom is 0.0234 e. The number of hydrogen-bond acceptors (Lipinski definition) is 3. The monoisotopic (exact) mass is 255 g/mol. The van der Waals surface area contributed by atoms with Gasteiger partial charge in [0.05, 0.1) is 0 Å². The summed E-state index contributed by atoms with van der Waals surface area (Å²) in [5.74, 6) is 5.45. The summed E-state index contributed by atoms with van der Waals surface area (Å²) in [6, 6.07) is 11.2. The van der Waals surface area contributed by atoms with Gasteiger partial charge in [0, 0.05) is 12.6 Å². The van der Waals surface area contributed by atoms with Crippen molar-refractivity contribution in [1.29, 1.82) is 0 Å². The molecular formula is C13H22ClN3. The van der Waals surface area contributed by atoms with Gasteiger partial charge in [-0.25, -0.2) is 0 Å². The van der Waals surface area contributed by atoms with E-state index < -0.39 is 0 Å². The van der Waals surface area contributed by atoms with Gasteiger partial charge in [0.2, 0.25) is 0 Å². The van der Waals surface area contributed by atoms with Crippen LogP contribution < -0.4 is 11.3 Å². The number of nitrogens with zero attached hydrogens (tertiary/aromatic N) is 1. The fraction of sp³-hybridized carbons (Fsp3) is 0.538. The summed E-state index contributed by atoms with van der Waals surface area (Å²) in [5, 5.41) is 0. The van der Waals surface area contributed by atoms with Crippen LogP contribution in [0.5, 0.6) is 0 Å². The van der Waals surface area contributed by atoms with Gasteiger partial charge in [-0.2, -0.15) is 0 Å². The smallest absolute Gasteiger partial charge is 0.0234 e. The molecule has 0 atom stereocenters. The molecule has 0 spiro atoms. The summed E-state index contributed by atoms with van der Waals surface area (Å²) in [6.07, 6.45) is 3.50. The lowest BCUT2D eigenvalue weighted by molar-refractivity contribution is 0.200. The van der Waals surface area contributed by atoms with Crippen LogP contribution in [0.15, 0.2) is 30.3 Å². The zero-order chi connectivity index (χ0) is 11.2. The highest BCUT2D eigenvalue weighted by Gasteiger charge is 2.17. The number of likely N-dealkylation sites (tertiary alicyclic amines) is 1. The Morgan fingerprint density at radius 3 is 2.41 bits per heavy atom. The van der Waals surface area contributed by atoms with Crippen molar-refractivity contribution >= 4 is 12.4 Å². The average molecular weight is 256 g/mol. The Balaban J connectivity index is 0.00000144. The van der Waals surface area contributed by atoms with E-state index in [0.717, 1.165) is 6.42 Å². The molecule has 3 nitrogen and oxygen atoms in total. The van der Waals surface area contributed by atoms with E-state index in [9.17, 15) is 0 Å². The summed E-state index contributed by atoms with van der Waals surface area (Å²) in [6.45, 7) is 3.50. The molecule has 1 aromatic carbocycles. The van der Waals surface area contributed by atoms with E-state index in [1.165, 1.54) is 38.0 Å². The molecule has 4 heteroatoms. The van der Waals surface area contributed by atoms with Crippen molar-refractivity contribution in [2.45, 2.75) is 25.3 Å². The highest BCUT2D eigenvalue weighted by molar-refractivity contribution is 5.85. The molecule has 0 aliphatic carbocycles. The van der Waals surface area contributed by atoms with Crippen molar-refractivity contribution in [1.82, 2.24) is 10.3 Å². The number of nitrogens with one attached hydrogen (secondary N) is 1. The van der Waals surface area contributed by atoms with Gasteiger partial charge in [0.15, 0.2) is 0 Å². The van der Waals surface area contributed by atoms with Crippen molar-refractivity contribution in [3.8, 4) is 0 Å². The van der Waals surface area contributed by atoms with Crippen LogP contribution >= 0.6 is 12.4 Å². The lowest BCUT2D eigenvalue weighted by Gasteiger charge is -2.31. The summed E-state index contributed by atoms with van der Waals surface area (Å²) >= 11 is 0. The van der Waals surface area contributed by atoms with Gasteiger partial charge in [-0.3, -0.25) is 11.3 Å². The molecule has 0 bridgehead atoms. The van der Waals surface area contributed by atoms with Crippen LogP contribution in [0.25, 0.3) is 0 Å². The largest absolute Gasteiger partial charge is 0.303 e. The second kappa shape index (κ2) is 7.67. The molecule has 3 N–H and O–H groups in total. The minimum Gasteiger partial charge on any atom is -0.303 e. The average Bonchev–Trinajstić information content (AvgIpc) is 2.38. The third-order valence-corrected chi connectivity index (χ3v) is 3.38. The zero-order valence-corrected chi connectivity index (χ0v) is 11.0. The molecule has 1 fully saturated rings. The van der Waals surface area contributed by atoms with Gasteiger partial charge in [-0.15, -0.1) is 12.4 Å². The predicted molar refractivity (Wildman–Crippen MR) is 74.2 cm³/mol. The molecular weight excluding hydrogens is 234 g/mol. The van der Waals surface area contributed by atoms with Crippen LogP contribution in [0, 0.1) is 0 Å². The van der Waals surface area contributed by atoms with Crippen molar-refractivity contribution in [3.63, 3.8) is 0 Å². The maximum absolute atomic E-state index is 5.45. The Bertz CT molecular complexity index is 297. The van der Waals surface area contributed by atoms with Crippen LogP contribution in [0.3, 0.4) is 0 Å². The van der Waals surface area contributed by atoms with Gasteiger partial charge >= 0.3 is 0 Å². The summed E-state index contributed by atoms with van der Waals surface area (Å²) < 4.78 is 0. The third-order valence-electron chi connectivity index (χ3n) is 3.38. The number of benzene rings is 1. The van der Waals surface area contributed by atoms with Gasteiger partial charge in [-0.1, -0.05) is 30.3 Å². The quantitative estimate of drug-likeness (QED) is 0.634. The molecule has 0 amide bonds. The normalized spacial score (nSPS) is 17.7. The number of nitrogens with two attached hydrogens (primary N) is 1. The first-order valence-corrected chi connectivity index (χ1v) is 6.11. The van der Waals surface area contributed by atoms with Gasteiger partial charge in [-0.05, 0) is 37.9 Å². The highest BCUT2D eigenvalue weighted by Crippen LogP contribution is 2.10. The Morgan fingerprint density at radius 2 is 1.82 bits per heavy atom. The molecule has 96 valence electrons. The van der Waals surface area contributed by atoms with Gasteiger partial charge < -0.3 is 4.90 Å². The minimum atomic E-state index is 0. The van der Waals surface area contributed by atoms with E-state index >= 15 is 0 Å². The lowest BCUT2D eigenvalue weighted by Crippen LogP contribution is -2.45. The number of hydrogen-bond donors (Lipinski definition) is 2. The summed E-state index contributed by atoms with van der Waals surface area (Å²) in [7, 11) is 0. The Morgan fingerprint density at radius 1 is 1.18 bits per heavy atom. The van der Waals surface area contributed by atoms with E-state index in [0.29, 0.717) is 6.04 Å². The molecule has 1 aliphatic heterocycles. The minimum absolute atomic E-state index is 0. The maximum atomic E-state index is 5.45. The summed E-state index contributed by atoms with van der Waals surface area (Å²) in [4.78, 5) is 2.53. The second-order valence-corrected chi connectivity index (χ2v) is 4.52. The highest BCUT2D eigenvalue weighted by atomic mass is 35.5. The topological polar surface area (TPSA) is 41.3 Å². The van der Waals surface area contributed by atoms with Crippen LogP contribution in [-0.4, -0.2) is 30.6 Å². The molecule has 17 heavy (non-hydrogen) atoms. The first kappa shape index (κ1) is 14.5. The van der Waals surface area contributed by atoms with Crippen LogP contribution in [-0.2, 0) is 6.42 Å². The first-order valence-electron chi connectivity index (χ1n) is 6.11. The number of piperidine rings is 1. The van der Waals surface area contributed by atoms with Crippen molar-refractivity contribution in [3.05, 3.63) is 35.9 Å². The van der Waals surface area contributed by atoms with Gasteiger partial charge in [0.25, 0.3) is 0 Å². The van der Waals surface area contributed by atoms with E-state index in [-0.39, 0.29) is 12.4 Å². The van der Waals surface area contributed by atoms with Crippen molar-refractivity contribution in [2.75, 3.05) is 19.6 Å². The molecule has 2 rings (SSSR count). The number of halogens is 1. The third kappa shape index (κ3) is 4.64. The standard InChI is InChI=1S/C13H21N3.ClH/c14-15-13-7-10-16(11-8-13)9-6-12-4-2-1-3-5-12;/h1-5,13,15H,6-11,14H2;1H. The van der Waals surface area contributed by atoms with E-state index in [4.69, 9.17) is 5.84 Å². The lowest BCUT2D eigenvalue weighted by atomic mass is 10.0. The molecule has 1 saturated heterocycles. The molecule has 0 aromatic heterocycles. The van der Waals surface area contributed by atoms with Crippen molar-refractivity contribution < 1.29 is 0 Å². The molecule has 0 radical (unpaired) electrons. The van der Waals surface area contributed by atoms with E-state index in [1.807, 2.05) is 0 Å². The predicted octanol–water partition coefficient (Wildman–Crippen LogP) is 1.58. The fourth-order valence-electron chi connectivity index (χ4n) is 2.26. The first-order chi connectivity index (χ1) is 7.88. The van der Waals surface area contributed by atoms with Crippen LogP contribution in [0.2, 0.25) is 0 Å². The van der Waals surface area contributed by atoms with Crippen LogP contribution in [0.4, 0.5) is 0 Å². The fourth-order valence-corrected chi connectivity index (χ4v) is 2.26. The summed E-state index contributed by atoms with van der Waals surface area (Å²) in [5.41, 5.74) is 4.30. The second-order valence-electron chi connectivity index (χ2n) is 4.52. The SMILES string of the molecule is Cl.NNC1CCN(CCc2ccccc2)CC1.